The molecule has 1 N–H and O–H groups in total. The number of nitrogens with one attached hydrogen (secondary N) is 1. The quantitative estimate of drug-likeness (QED) is 0.387. The highest BCUT2D eigenvalue weighted by Crippen LogP contribution is 2.23. The maximum Gasteiger partial charge on any atom is 0.349 e. The third-order valence-electron chi connectivity index (χ3n) is 1.84. The van der Waals surface area contributed by atoms with Gasteiger partial charge in [-0.2, -0.15) is 0 Å². The number of rotatable bonds is 1. The lowest BCUT2D eigenvalue weighted by Crippen LogP contribution is -2.04. The average Bonchev–Trinajstić information content (AvgIpc) is 2.55. The van der Waals surface area contributed by atoms with E-state index in [0.717, 1.165) is 0 Å². The number of esters is 2. The van der Waals surface area contributed by atoms with Gasteiger partial charge in [-0.3, -0.25) is 4.79 Å². The van der Waals surface area contributed by atoms with Crippen molar-refractivity contribution in [1.82, 2.24) is 4.98 Å². The minimum atomic E-state index is -0.758. The van der Waals surface area contributed by atoms with Crippen LogP contribution in [0.5, 0.6) is 0 Å². The molecule has 13 heavy (non-hydrogen) atoms. The molecule has 0 amide bonds. The van der Waals surface area contributed by atoms with E-state index in [0.29, 0.717) is 0 Å². The highest BCUT2D eigenvalue weighted by molar-refractivity contribution is 6.19. The molecule has 0 saturated carbocycles. The van der Waals surface area contributed by atoms with Crippen LogP contribution in [0.25, 0.3) is 0 Å². The number of hydrogen-bond donors (Lipinski definition) is 1. The SMILES string of the molecule is CC(=O)c1[nH]cc2c1C(=O)OC2=O. The molecule has 2 rings (SSSR count). The lowest BCUT2D eigenvalue weighted by molar-refractivity contribution is 0.0441. The van der Waals surface area contributed by atoms with Gasteiger partial charge in [-0.25, -0.2) is 9.59 Å². The van der Waals surface area contributed by atoms with Gasteiger partial charge in [0.2, 0.25) is 0 Å². The van der Waals surface area contributed by atoms with E-state index < -0.39 is 11.9 Å². The van der Waals surface area contributed by atoms with E-state index in [-0.39, 0.29) is 22.6 Å². The number of fused-ring (bicyclic) bond motifs is 1. The molecule has 0 atom stereocenters. The zero-order valence-electron chi connectivity index (χ0n) is 6.71. The predicted molar refractivity (Wildman–Crippen MR) is 40.5 cm³/mol. The number of aromatic amines is 1. The van der Waals surface area contributed by atoms with Crippen molar-refractivity contribution in [1.29, 1.82) is 0 Å². The second-order valence-electron chi connectivity index (χ2n) is 2.69. The highest BCUT2D eigenvalue weighted by atomic mass is 16.6. The predicted octanol–water partition coefficient (Wildman–Crippen LogP) is 0.528. The molecule has 1 aliphatic rings. The molecule has 0 spiro atoms. The second kappa shape index (κ2) is 2.29. The fourth-order valence-corrected chi connectivity index (χ4v) is 1.26. The van der Waals surface area contributed by atoms with Crippen molar-refractivity contribution >= 4 is 17.7 Å². The summed E-state index contributed by atoms with van der Waals surface area (Å²) in [6.45, 7) is 1.31. The summed E-state index contributed by atoms with van der Waals surface area (Å²) in [5, 5.41) is 0. The minimum Gasteiger partial charge on any atom is -0.386 e. The zero-order valence-corrected chi connectivity index (χ0v) is 6.71. The summed E-state index contributed by atoms with van der Waals surface area (Å²) in [6, 6.07) is 0. The first-order valence-corrected chi connectivity index (χ1v) is 3.60. The summed E-state index contributed by atoms with van der Waals surface area (Å²) < 4.78 is 4.31. The Labute approximate surface area is 72.7 Å². The molecule has 0 aromatic carbocycles. The monoisotopic (exact) mass is 179 g/mol. The summed E-state index contributed by atoms with van der Waals surface area (Å²) in [4.78, 5) is 35.5. The van der Waals surface area contributed by atoms with Crippen molar-refractivity contribution in [3.05, 3.63) is 23.0 Å². The van der Waals surface area contributed by atoms with E-state index in [1.807, 2.05) is 0 Å². The van der Waals surface area contributed by atoms with E-state index in [1.165, 1.54) is 13.1 Å². The molecule has 1 aromatic heterocycles. The average molecular weight is 179 g/mol. The van der Waals surface area contributed by atoms with Crippen molar-refractivity contribution in [2.45, 2.75) is 6.92 Å². The molecule has 1 aromatic rings. The first kappa shape index (κ1) is 7.72. The Bertz CT molecular complexity index is 429. The van der Waals surface area contributed by atoms with Crippen LogP contribution in [0.15, 0.2) is 6.20 Å². The summed E-state index contributed by atoms with van der Waals surface area (Å²) in [5.74, 6) is -1.76. The van der Waals surface area contributed by atoms with Gasteiger partial charge in [0.05, 0.1) is 11.3 Å². The number of carbonyl (C=O) groups is 3. The van der Waals surface area contributed by atoms with E-state index >= 15 is 0 Å². The first-order chi connectivity index (χ1) is 6.11. The topological polar surface area (TPSA) is 76.2 Å². The van der Waals surface area contributed by atoms with Crippen LogP contribution in [0.3, 0.4) is 0 Å². The van der Waals surface area contributed by atoms with E-state index in [1.54, 1.807) is 0 Å². The number of cyclic esters (lactones) is 2. The lowest BCUT2D eigenvalue weighted by atomic mass is 10.1. The number of H-pyrrole nitrogens is 1. The molecule has 1 aliphatic heterocycles. The van der Waals surface area contributed by atoms with Crippen molar-refractivity contribution in [2.75, 3.05) is 0 Å². The Hall–Kier alpha value is -1.91. The molecule has 0 aliphatic carbocycles. The molecule has 0 radical (unpaired) electrons. The number of hydrogen-bond acceptors (Lipinski definition) is 4. The van der Waals surface area contributed by atoms with Crippen LogP contribution in [0.2, 0.25) is 0 Å². The largest absolute Gasteiger partial charge is 0.386 e. The molecule has 2 heterocycles. The maximum atomic E-state index is 11.0. The van der Waals surface area contributed by atoms with Crippen molar-refractivity contribution in [3.8, 4) is 0 Å². The number of aromatic nitrogens is 1. The lowest BCUT2D eigenvalue weighted by Gasteiger charge is -1.91. The van der Waals surface area contributed by atoms with Crippen LogP contribution in [0, 0.1) is 0 Å². The van der Waals surface area contributed by atoms with Crippen LogP contribution in [0.1, 0.15) is 38.1 Å². The van der Waals surface area contributed by atoms with E-state index in [9.17, 15) is 14.4 Å². The molecule has 0 fully saturated rings. The van der Waals surface area contributed by atoms with Gasteiger partial charge in [0.25, 0.3) is 0 Å². The molecule has 0 saturated heterocycles. The first-order valence-electron chi connectivity index (χ1n) is 3.60. The molecule has 5 heteroatoms. The van der Waals surface area contributed by atoms with Gasteiger partial charge in [0, 0.05) is 13.1 Å². The van der Waals surface area contributed by atoms with Crippen LogP contribution in [-0.4, -0.2) is 22.7 Å². The summed E-state index contributed by atoms with van der Waals surface area (Å²) in [6.07, 6.45) is 1.30. The zero-order chi connectivity index (χ0) is 9.59. The van der Waals surface area contributed by atoms with Crippen molar-refractivity contribution in [2.24, 2.45) is 0 Å². The van der Waals surface area contributed by atoms with Crippen LogP contribution >= 0.6 is 0 Å². The number of carbonyl (C=O) groups excluding carboxylic acids is 3. The third kappa shape index (κ3) is 0.900. The molecule has 5 nitrogen and oxygen atoms in total. The van der Waals surface area contributed by atoms with Gasteiger partial charge in [0.1, 0.15) is 5.56 Å². The Morgan fingerprint density at radius 3 is 2.69 bits per heavy atom. The van der Waals surface area contributed by atoms with E-state index in [4.69, 9.17) is 0 Å². The molecular weight excluding hydrogens is 174 g/mol. The Kier molecular flexibility index (Phi) is 1.36. The van der Waals surface area contributed by atoms with Gasteiger partial charge in [-0.1, -0.05) is 0 Å². The fraction of sp³-hybridized carbons (Fsp3) is 0.125. The number of ether oxygens (including phenoxy) is 1. The van der Waals surface area contributed by atoms with Gasteiger partial charge in [0.15, 0.2) is 5.78 Å². The Morgan fingerprint density at radius 1 is 1.38 bits per heavy atom. The minimum absolute atomic E-state index is 0.0532. The van der Waals surface area contributed by atoms with Crippen molar-refractivity contribution < 1.29 is 19.1 Å². The second-order valence-corrected chi connectivity index (χ2v) is 2.69. The number of Topliss-reactive ketones (excluding diaryl/α,β-unsaturated/α-hetero) is 1. The highest BCUT2D eigenvalue weighted by Gasteiger charge is 2.34. The van der Waals surface area contributed by atoms with E-state index in [2.05, 4.69) is 9.72 Å². The third-order valence-corrected chi connectivity index (χ3v) is 1.84. The molecule has 0 unspecified atom stereocenters. The maximum absolute atomic E-state index is 11.0. The fourth-order valence-electron chi connectivity index (χ4n) is 1.26. The molecule has 0 bridgehead atoms. The number of ketones is 1. The Morgan fingerprint density at radius 2 is 2.08 bits per heavy atom. The Balaban J connectivity index is 2.67. The normalized spacial score (nSPS) is 14.2. The smallest absolute Gasteiger partial charge is 0.349 e. The van der Waals surface area contributed by atoms with Crippen LogP contribution in [0.4, 0.5) is 0 Å². The van der Waals surface area contributed by atoms with Crippen LogP contribution < -0.4 is 0 Å². The van der Waals surface area contributed by atoms with Gasteiger partial charge >= 0.3 is 11.9 Å². The summed E-state index contributed by atoms with van der Waals surface area (Å²) >= 11 is 0. The summed E-state index contributed by atoms with van der Waals surface area (Å²) in [7, 11) is 0. The van der Waals surface area contributed by atoms with Gasteiger partial charge < -0.3 is 9.72 Å². The van der Waals surface area contributed by atoms with Gasteiger partial charge in [-0.15, -0.1) is 0 Å². The van der Waals surface area contributed by atoms with Crippen molar-refractivity contribution in [3.63, 3.8) is 0 Å². The standard InChI is InChI=1S/C8H5NO4/c1-3(10)6-5-4(2-9-6)7(11)13-8(5)12/h2,9H,1H3. The van der Waals surface area contributed by atoms with Crippen LogP contribution in [-0.2, 0) is 4.74 Å². The molecule has 66 valence electrons. The molecular formula is C8H5NO4. The summed E-state index contributed by atoms with van der Waals surface area (Å²) in [5.41, 5.74) is 0.318. The van der Waals surface area contributed by atoms with Gasteiger partial charge in [-0.05, 0) is 0 Å².